The van der Waals surface area contributed by atoms with Crippen molar-refractivity contribution in [1.82, 2.24) is 4.98 Å². The zero-order chi connectivity index (χ0) is 24.5. The predicted octanol–water partition coefficient (Wildman–Crippen LogP) is 4.24. The average molecular weight is 458 g/mol. The van der Waals surface area contributed by atoms with Gasteiger partial charge in [-0.2, -0.15) is 0 Å². The average Bonchev–Trinajstić information content (AvgIpc) is 2.78. The van der Waals surface area contributed by atoms with Crippen molar-refractivity contribution in [2.24, 2.45) is 5.92 Å². The van der Waals surface area contributed by atoms with E-state index in [0.29, 0.717) is 0 Å². The summed E-state index contributed by atoms with van der Waals surface area (Å²) in [4.78, 5) is 40.7. The second-order valence-electron chi connectivity index (χ2n) is 7.90. The van der Waals surface area contributed by atoms with E-state index < -0.39 is 30.4 Å². The largest absolute Gasteiger partial charge is 0.493 e. The Labute approximate surface area is 194 Å². The van der Waals surface area contributed by atoms with Crippen LogP contribution >= 0.6 is 0 Å². The quantitative estimate of drug-likeness (QED) is 0.281. The number of rotatable bonds is 11. The van der Waals surface area contributed by atoms with Crippen LogP contribution in [0.5, 0.6) is 11.5 Å². The number of nitrogens with zero attached hydrogens (tertiary/aromatic N) is 1. The second kappa shape index (κ2) is 12.0. The fraction of sp³-hybridized carbons (Fsp3) is 0.440. The number of hydrogen-bond donors (Lipinski definition) is 0. The zero-order valence-electron chi connectivity index (χ0n) is 19.9. The molecule has 0 N–H and O–H groups in total. The molecule has 8 nitrogen and oxygen atoms in total. The van der Waals surface area contributed by atoms with Crippen LogP contribution in [0.15, 0.2) is 36.5 Å². The number of ether oxygens (including phenoxy) is 4. The van der Waals surface area contributed by atoms with Crippen LogP contribution in [0.1, 0.15) is 61.6 Å². The smallest absolute Gasteiger partial charge is 0.309 e. The molecule has 0 aliphatic carbocycles. The molecular weight excluding hydrogens is 426 g/mol. The van der Waals surface area contributed by atoms with Crippen LogP contribution in [0.3, 0.4) is 0 Å². The van der Waals surface area contributed by atoms with Crippen molar-refractivity contribution in [2.75, 3.05) is 13.9 Å². The Kier molecular flexibility index (Phi) is 9.39. The molecule has 1 heterocycles. The highest BCUT2D eigenvalue weighted by atomic mass is 16.7. The SMILES string of the molecule is COc1ccnc(C(=O)C[C@@H](C)C(=O)O[C@@H](C)[C@H](C)c2ccccc2C)c1OCOC(C)=O. The molecule has 3 atom stereocenters. The molecule has 1 aromatic heterocycles. The van der Waals surface area contributed by atoms with Crippen molar-refractivity contribution in [3.8, 4) is 11.5 Å². The number of carbonyl (C=O) groups excluding carboxylic acids is 3. The van der Waals surface area contributed by atoms with E-state index in [1.165, 1.54) is 26.3 Å². The molecule has 178 valence electrons. The number of pyridine rings is 1. The maximum absolute atomic E-state index is 12.9. The Morgan fingerprint density at radius 3 is 2.39 bits per heavy atom. The topological polar surface area (TPSA) is 101 Å². The Morgan fingerprint density at radius 2 is 1.76 bits per heavy atom. The third-order valence-corrected chi connectivity index (χ3v) is 5.40. The molecule has 0 fully saturated rings. The van der Waals surface area contributed by atoms with Gasteiger partial charge in [0.15, 0.2) is 23.0 Å². The van der Waals surface area contributed by atoms with E-state index in [1.807, 2.05) is 45.0 Å². The monoisotopic (exact) mass is 457 g/mol. The summed E-state index contributed by atoms with van der Waals surface area (Å²) < 4.78 is 21.1. The minimum atomic E-state index is -0.696. The van der Waals surface area contributed by atoms with Gasteiger partial charge in [-0.25, -0.2) is 4.98 Å². The summed E-state index contributed by atoms with van der Waals surface area (Å²) in [6.45, 7) is 8.33. The van der Waals surface area contributed by atoms with E-state index in [0.717, 1.165) is 11.1 Å². The molecule has 0 bridgehead atoms. The number of esters is 2. The molecule has 0 radical (unpaired) electrons. The molecule has 0 aliphatic heterocycles. The number of ketones is 1. The minimum Gasteiger partial charge on any atom is -0.493 e. The normalized spacial score (nSPS) is 13.4. The lowest BCUT2D eigenvalue weighted by atomic mass is 9.92. The first-order valence-corrected chi connectivity index (χ1v) is 10.7. The fourth-order valence-corrected chi connectivity index (χ4v) is 3.31. The summed E-state index contributed by atoms with van der Waals surface area (Å²) in [5.41, 5.74) is 2.22. The molecule has 0 spiro atoms. The molecule has 2 aromatic rings. The first-order chi connectivity index (χ1) is 15.6. The van der Waals surface area contributed by atoms with E-state index in [9.17, 15) is 14.4 Å². The Morgan fingerprint density at radius 1 is 1.06 bits per heavy atom. The van der Waals surface area contributed by atoms with Crippen molar-refractivity contribution in [1.29, 1.82) is 0 Å². The molecule has 0 saturated heterocycles. The van der Waals surface area contributed by atoms with Gasteiger partial charge in [0.05, 0.1) is 13.0 Å². The van der Waals surface area contributed by atoms with Crippen LogP contribution in [-0.4, -0.2) is 42.7 Å². The number of Topliss-reactive ketones (excluding diaryl/α,β-unsaturated/α-hetero) is 1. The van der Waals surface area contributed by atoms with Gasteiger partial charge >= 0.3 is 11.9 Å². The van der Waals surface area contributed by atoms with Gasteiger partial charge in [0, 0.05) is 31.5 Å². The second-order valence-corrected chi connectivity index (χ2v) is 7.90. The number of benzene rings is 1. The van der Waals surface area contributed by atoms with Gasteiger partial charge in [-0.15, -0.1) is 0 Å². The summed E-state index contributed by atoms with van der Waals surface area (Å²) in [5.74, 6) is -1.81. The number of hydrogen-bond acceptors (Lipinski definition) is 8. The van der Waals surface area contributed by atoms with Gasteiger partial charge in [-0.05, 0) is 25.0 Å². The Bertz CT molecular complexity index is 988. The van der Waals surface area contributed by atoms with Crippen LogP contribution in [0, 0.1) is 12.8 Å². The number of aromatic nitrogens is 1. The first-order valence-electron chi connectivity index (χ1n) is 10.7. The maximum atomic E-state index is 12.9. The van der Waals surface area contributed by atoms with E-state index in [2.05, 4.69) is 4.98 Å². The van der Waals surface area contributed by atoms with Gasteiger partial charge in [0.25, 0.3) is 0 Å². The van der Waals surface area contributed by atoms with E-state index in [1.54, 1.807) is 6.92 Å². The standard InChI is InChI=1S/C25H31NO7/c1-15-9-7-8-10-20(15)17(3)18(4)33-25(29)16(2)13-21(28)23-24(32-14-31-19(5)27)22(30-6)11-12-26-23/h7-12,16-18H,13-14H2,1-6H3/t16-,17+,18+/m1/s1. The fourth-order valence-electron chi connectivity index (χ4n) is 3.31. The molecule has 0 unspecified atom stereocenters. The van der Waals surface area contributed by atoms with E-state index in [4.69, 9.17) is 18.9 Å². The van der Waals surface area contributed by atoms with E-state index >= 15 is 0 Å². The van der Waals surface area contributed by atoms with Crippen LogP contribution in [-0.2, 0) is 19.1 Å². The summed E-state index contributed by atoms with van der Waals surface area (Å²) in [7, 11) is 1.42. The summed E-state index contributed by atoms with van der Waals surface area (Å²) in [6.07, 6.45) is 0.905. The number of aryl methyl sites for hydroxylation is 1. The molecule has 33 heavy (non-hydrogen) atoms. The van der Waals surface area contributed by atoms with Gasteiger partial charge in [-0.1, -0.05) is 38.1 Å². The number of methoxy groups -OCH3 is 1. The lowest BCUT2D eigenvalue weighted by Crippen LogP contribution is -2.26. The highest BCUT2D eigenvalue weighted by molar-refractivity contribution is 5.99. The molecular formula is C25H31NO7. The maximum Gasteiger partial charge on any atom is 0.309 e. The Balaban J connectivity index is 2.06. The third kappa shape index (κ3) is 7.03. The first kappa shape index (κ1) is 25.8. The Hall–Kier alpha value is -3.42. The summed E-state index contributed by atoms with van der Waals surface area (Å²) in [5, 5.41) is 0. The molecule has 8 heteroatoms. The highest BCUT2D eigenvalue weighted by Gasteiger charge is 2.27. The van der Waals surface area contributed by atoms with Crippen molar-refractivity contribution < 1.29 is 33.3 Å². The lowest BCUT2D eigenvalue weighted by Gasteiger charge is -2.23. The molecule has 0 amide bonds. The summed E-state index contributed by atoms with van der Waals surface area (Å²) in [6, 6.07) is 9.48. The molecule has 2 rings (SSSR count). The van der Waals surface area contributed by atoms with Crippen LogP contribution in [0.4, 0.5) is 0 Å². The highest BCUT2D eigenvalue weighted by Crippen LogP contribution is 2.31. The molecule has 0 aliphatic rings. The summed E-state index contributed by atoms with van der Waals surface area (Å²) >= 11 is 0. The minimum absolute atomic E-state index is 0.000573. The molecule has 0 saturated carbocycles. The molecule has 1 aromatic carbocycles. The zero-order valence-corrected chi connectivity index (χ0v) is 19.9. The van der Waals surface area contributed by atoms with Crippen LogP contribution in [0.25, 0.3) is 0 Å². The van der Waals surface area contributed by atoms with Gasteiger partial charge in [0.1, 0.15) is 6.10 Å². The van der Waals surface area contributed by atoms with Crippen LogP contribution in [0.2, 0.25) is 0 Å². The van der Waals surface area contributed by atoms with Gasteiger partial charge < -0.3 is 18.9 Å². The number of carbonyl (C=O) groups is 3. The van der Waals surface area contributed by atoms with Crippen LogP contribution < -0.4 is 9.47 Å². The van der Waals surface area contributed by atoms with E-state index in [-0.39, 0.29) is 35.6 Å². The predicted molar refractivity (Wildman–Crippen MR) is 121 cm³/mol. The van der Waals surface area contributed by atoms with Crippen molar-refractivity contribution >= 4 is 17.7 Å². The lowest BCUT2D eigenvalue weighted by molar-refractivity contribution is -0.153. The third-order valence-electron chi connectivity index (χ3n) is 5.40. The van der Waals surface area contributed by atoms with Gasteiger partial charge in [0.2, 0.25) is 6.79 Å². The van der Waals surface area contributed by atoms with Crippen molar-refractivity contribution in [2.45, 2.75) is 53.1 Å². The van der Waals surface area contributed by atoms with Gasteiger partial charge in [-0.3, -0.25) is 14.4 Å². The van der Waals surface area contributed by atoms with Crippen molar-refractivity contribution in [3.05, 3.63) is 53.3 Å². The van der Waals surface area contributed by atoms with Crippen molar-refractivity contribution in [3.63, 3.8) is 0 Å².